The fraction of sp³-hybridized carbons (Fsp3) is 0. The summed E-state index contributed by atoms with van der Waals surface area (Å²) in [5.74, 6) is 3.17. The zero-order chi connectivity index (χ0) is 24.6. The first-order valence-corrected chi connectivity index (χ1v) is 14.2. The molecule has 6 rings (SSSR count). The molecular weight excluding hydrogens is 636 g/mol. The predicted molar refractivity (Wildman–Crippen MR) is 153 cm³/mol. The van der Waals surface area contributed by atoms with Crippen LogP contribution in [0.25, 0.3) is 21.5 Å². The van der Waals surface area contributed by atoms with Crippen molar-refractivity contribution in [1.82, 2.24) is 0 Å². The Bertz CT molecular complexity index is 1540. The van der Waals surface area contributed by atoms with E-state index in [4.69, 9.17) is 0 Å². The van der Waals surface area contributed by atoms with Gasteiger partial charge in [-0.2, -0.15) is 0 Å². The van der Waals surface area contributed by atoms with E-state index >= 15 is 0 Å². The van der Waals surface area contributed by atoms with E-state index in [0.29, 0.717) is 0 Å². The fourth-order valence-electron chi connectivity index (χ4n) is 4.38. The van der Waals surface area contributed by atoms with Crippen LogP contribution in [0, 0.1) is 10.1 Å². The van der Waals surface area contributed by atoms with Gasteiger partial charge < -0.3 is 0 Å². The summed E-state index contributed by atoms with van der Waals surface area (Å²) in [7, 11) is -0.446. The van der Waals surface area contributed by atoms with E-state index in [9.17, 15) is 0 Å². The minimum absolute atomic E-state index is 0.446. The summed E-state index contributed by atoms with van der Waals surface area (Å²) in [6.45, 7) is 0. The monoisotopic (exact) mass is 660 g/mol. The molecule has 6 aromatic rings. The maximum Gasteiger partial charge on any atom is -0.0134 e. The van der Waals surface area contributed by atoms with Crippen LogP contribution < -0.4 is 15.9 Å². The molecule has 0 aliphatic heterocycles. The van der Waals surface area contributed by atoms with Crippen LogP contribution in [0.2, 0.25) is 0 Å². The molecule has 0 amide bonds. The smallest absolute Gasteiger partial charge is 0.0134 e. The van der Waals surface area contributed by atoms with E-state index < -0.39 is 7.92 Å². The maximum atomic E-state index is 3.17. The molecule has 0 aliphatic carbocycles. The van der Waals surface area contributed by atoms with Gasteiger partial charge in [-0.15, -0.1) is 0 Å². The maximum absolute atomic E-state index is 3.17. The minimum Gasteiger partial charge on any atom is -0.0622 e. The molecule has 0 heterocycles. The van der Waals surface area contributed by atoms with Crippen LogP contribution in [0.3, 0.4) is 0 Å². The Labute approximate surface area is 226 Å². The van der Waals surface area contributed by atoms with Crippen molar-refractivity contribution in [2.45, 2.75) is 0 Å². The summed E-state index contributed by atoms with van der Waals surface area (Å²) < 4.78 is 2.94. The van der Waals surface area contributed by atoms with Crippen LogP contribution in [0.4, 0.5) is 0 Å². The van der Waals surface area contributed by atoms with Crippen LogP contribution in [0.15, 0.2) is 146 Å². The molecule has 0 fully saturated rings. The molecule has 0 aromatic heterocycles. The van der Waals surface area contributed by atoms with Gasteiger partial charge in [0.1, 0.15) is 0 Å². The second-order valence-electron chi connectivity index (χ2n) is 8.23. The van der Waals surface area contributed by atoms with Gasteiger partial charge in [0, 0.05) is 0 Å². The summed E-state index contributed by atoms with van der Waals surface area (Å²) >= 11 is 2.26. The molecule has 0 spiro atoms. The van der Waals surface area contributed by atoms with Crippen LogP contribution in [-0.2, 0) is 21.1 Å². The summed E-state index contributed by atoms with van der Waals surface area (Å²) in [6, 6.07) is 51.4. The van der Waals surface area contributed by atoms with Gasteiger partial charge in [0.2, 0.25) is 0 Å². The third-order valence-corrected chi connectivity index (χ3v) is 8.70. The van der Waals surface area contributed by atoms with Crippen molar-refractivity contribution in [3.8, 4) is 10.1 Å². The SMILES string of the molecule is [Au][C]#Cc1cc2ccccc2c2ccccc12.c1ccc(P(c2ccccc2)c2ccccc2)cc1. The molecule has 0 unspecified atom stereocenters. The molecule has 6 aromatic carbocycles. The first kappa shape index (κ1) is 24.3. The summed E-state index contributed by atoms with van der Waals surface area (Å²) in [5.41, 5.74) is 1.10. The van der Waals surface area contributed by atoms with Gasteiger partial charge >= 0.3 is 113 Å². The Balaban J connectivity index is 0.000000149. The third-order valence-electron chi connectivity index (χ3n) is 5.98. The zero-order valence-electron chi connectivity index (χ0n) is 19.6. The minimum atomic E-state index is -0.446. The molecule has 0 atom stereocenters. The quantitative estimate of drug-likeness (QED) is 0.0810. The Morgan fingerprint density at radius 3 is 1.36 bits per heavy atom. The molecule has 0 N–H and O–H groups in total. The van der Waals surface area contributed by atoms with Gasteiger partial charge in [-0.3, -0.25) is 0 Å². The van der Waals surface area contributed by atoms with Crippen molar-refractivity contribution in [3.05, 3.63) is 151 Å². The van der Waals surface area contributed by atoms with Gasteiger partial charge in [-0.05, 0) is 23.8 Å². The molecule has 0 aliphatic rings. The topological polar surface area (TPSA) is 0 Å². The van der Waals surface area contributed by atoms with E-state index in [0.717, 1.165) is 5.56 Å². The molecule has 176 valence electrons. The number of benzene rings is 6. The number of hydrogen-bond acceptors (Lipinski definition) is 0. The molecule has 0 nitrogen and oxygen atoms in total. The van der Waals surface area contributed by atoms with Gasteiger partial charge in [-0.25, -0.2) is 0 Å². The Kier molecular flexibility index (Phi) is 8.10. The largest absolute Gasteiger partial charge is 0.0622 e. The standard InChI is InChI=1S/C18H15P.C16H9.Au/c1-4-10-16(11-5-1)19(17-12-6-2-7-13-17)18-14-8-3-9-15-18;1-2-12-11-13-7-3-4-9-15(13)16-10-6-5-8-14(12)16;/h1-15H;3-11H;. The third kappa shape index (κ3) is 5.52. The summed E-state index contributed by atoms with van der Waals surface area (Å²) in [5, 5.41) is 9.24. The first-order valence-electron chi connectivity index (χ1n) is 11.8. The Morgan fingerprint density at radius 2 is 0.861 bits per heavy atom. The Hall–Kier alpha value is -3.43. The number of rotatable bonds is 3. The summed E-state index contributed by atoms with van der Waals surface area (Å²) in [4.78, 5) is 0. The second-order valence-corrected chi connectivity index (χ2v) is 11.0. The van der Waals surface area contributed by atoms with E-state index in [1.165, 1.54) is 37.5 Å². The molecular formula is C34H24AuP. The Morgan fingerprint density at radius 1 is 0.444 bits per heavy atom. The van der Waals surface area contributed by atoms with Gasteiger partial charge in [0.15, 0.2) is 0 Å². The zero-order valence-corrected chi connectivity index (χ0v) is 22.7. The van der Waals surface area contributed by atoms with Crippen LogP contribution in [0.1, 0.15) is 5.56 Å². The molecule has 0 radical (unpaired) electrons. The number of fused-ring (bicyclic) bond motifs is 3. The average molecular weight is 661 g/mol. The van der Waals surface area contributed by atoms with Crippen molar-refractivity contribution < 1.29 is 21.1 Å². The van der Waals surface area contributed by atoms with E-state index in [-0.39, 0.29) is 0 Å². The predicted octanol–water partition coefficient (Wildman–Crippen LogP) is 7.29. The van der Waals surface area contributed by atoms with Crippen molar-refractivity contribution >= 4 is 45.4 Å². The van der Waals surface area contributed by atoms with Gasteiger partial charge in [0.05, 0.1) is 0 Å². The van der Waals surface area contributed by atoms with E-state index in [1.54, 1.807) is 0 Å². The van der Waals surface area contributed by atoms with Crippen molar-refractivity contribution in [1.29, 1.82) is 0 Å². The van der Waals surface area contributed by atoms with Crippen molar-refractivity contribution in [3.63, 3.8) is 0 Å². The molecule has 0 saturated carbocycles. The van der Waals surface area contributed by atoms with Crippen LogP contribution >= 0.6 is 7.92 Å². The molecule has 0 saturated heterocycles. The van der Waals surface area contributed by atoms with Crippen molar-refractivity contribution in [2.24, 2.45) is 0 Å². The number of hydrogen-bond donors (Lipinski definition) is 0. The van der Waals surface area contributed by atoms with E-state index in [1.807, 2.05) is 0 Å². The van der Waals surface area contributed by atoms with Gasteiger partial charge in [0.25, 0.3) is 0 Å². The van der Waals surface area contributed by atoms with Gasteiger partial charge in [-0.1, -0.05) is 91.0 Å². The fourth-order valence-corrected chi connectivity index (χ4v) is 6.97. The first-order chi connectivity index (χ1) is 17.8. The molecule has 0 bridgehead atoms. The van der Waals surface area contributed by atoms with E-state index in [2.05, 4.69) is 177 Å². The second kappa shape index (κ2) is 12.0. The van der Waals surface area contributed by atoms with Crippen molar-refractivity contribution in [2.75, 3.05) is 0 Å². The van der Waals surface area contributed by atoms with Crippen LogP contribution in [-0.4, -0.2) is 0 Å². The normalized spacial score (nSPS) is 10.4. The molecule has 2 heteroatoms. The van der Waals surface area contributed by atoms with Crippen LogP contribution in [0.5, 0.6) is 0 Å². The summed E-state index contributed by atoms with van der Waals surface area (Å²) in [6.07, 6.45) is 0. The average Bonchev–Trinajstić information content (AvgIpc) is 2.96. The molecule has 36 heavy (non-hydrogen) atoms.